The molecule has 2 aromatic heterocycles. The van der Waals surface area contributed by atoms with Crippen LogP contribution in [0.2, 0.25) is 0 Å². The Labute approximate surface area is 149 Å². The van der Waals surface area contributed by atoms with Crippen LogP contribution in [0.4, 0.5) is 16.4 Å². The Morgan fingerprint density at radius 2 is 1.77 bits per heavy atom. The second-order valence-electron chi connectivity index (χ2n) is 5.53. The van der Waals surface area contributed by atoms with E-state index in [0.717, 1.165) is 5.56 Å². The molecule has 0 saturated carbocycles. The Morgan fingerprint density at radius 3 is 2.42 bits per heavy atom. The third-order valence-electron chi connectivity index (χ3n) is 3.47. The fraction of sp³-hybridized carbons (Fsp3) is 0.111. The van der Waals surface area contributed by atoms with Crippen LogP contribution in [0.1, 0.15) is 21.6 Å². The van der Waals surface area contributed by atoms with E-state index < -0.39 is 0 Å². The van der Waals surface area contributed by atoms with Gasteiger partial charge in [-0.15, -0.1) is 0 Å². The molecule has 26 heavy (non-hydrogen) atoms. The highest BCUT2D eigenvalue weighted by atomic mass is 16.5. The summed E-state index contributed by atoms with van der Waals surface area (Å²) in [6.45, 7) is 2.16. The van der Waals surface area contributed by atoms with Gasteiger partial charge in [0.15, 0.2) is 0 Å². The number of carbonyl (C=O) groups excluding carboxylic acids is 2. The molecule has 3 N–H and O–H groups in total. The van der Waals surface area contributed by atoms with Gasteiger partial charge in [-0.25, -0.2) is 4.79 Å². The van der Waals surface area contributed by atoms with Gasteiger partial charge >= 0.3 is 6.03 Å². The van der Waals surface area contributed by atoms with Crippen LogP contribution < -0.4 is 16.0 Å². The first-order valence-corrected chi connectivity index (χ1v) is 7.88. The van der Waals surface area contributed by atoms with Crippen molar-refractivity contribution in [2.45, 2.75) is 13.5 Å². The SMILES string of the molecule is Cc1cc(NC(=O)c2ccc(NC(=O)NCc3ccncc3)cc2)on1. The van der Waals surface area contributed by atoms with Crippen LogP contribution in [-0.2, 0) is 6.54 Å². The topological polar surface area (TPSA) is 109 Å². The first-order valence-electron chi connectivity index (χ1n) is 7.88. The summed E-state index contributed by atoms with van der Waals surface area (Å²) in [6, 6.07) is 11.4. The molecule has 0 aliphatic carbocycles. The summed E-state index contributed by atoms with van der Waals surface area (Å²) in [4.78, 5) is 27.9. The molecule has 3 amide bonds. The number of pyridine rings is 1. The van der Waals surface area contributed by atoms with Gasteiger partial charge in [0.2, 0.25) is 5.88 Å². The molecule has 0 radical (unpaired) electrons. The smallest absolute Gasteiger partial charge is 0.319 e. The largest absolute Gasteiger partial charge is 0.338 e. The van der Waals surface area contributed by atoms with Crippen molar-refractivity contribution in [1.29, 1.82) is 0 Å². The van der Waals surface area contributed by atoms with Gasteiger partial charge in [0, 0.05) is 36.3 Å². The average molecular weight is 351 g/mol. The summed E-state index contributed by atoms with van der Waals surface area (Å²) in [5.74, 6) is -0.0416. The lowest BCUT2D eigenvalue weighted by Gasteiger charge is -2.08. The van der Waals surface area contributed by atoms with Crippen molar-refractivity contribution in [3.05, 3.63) is 71.7 Å². The van der Waals surface area contributed by atoms with Crippen LogP contribution in [0, 0.1) is 6.92 Å². The maximum Gasteiger partial charge on any atom is 0.319 e. The molecule has 2 heterocycles. The van der Waals surface area contributed by atoms with Crippen molar-refractivity contribution < 1.29 is 14.1 Å². The minimum Gasteiger partial charge on any atom is -0.338 e. The number of rotatable bonds is 5. The second kappa shape index (κ2) is 7.93. The van der Waals surface area contributed by atoms with Gasteiger partial charge in [0.25, 0.3) is 5.91 Å². The number of anilines is 2. The van der Waals surface area contributed by atoms with E-state index in [0.29, 0.717) is 23.5 Å². The van der Waals surface area contributed by atoms with Gasteiger partial charge in [0.05, 0.1) is 5.69 Å². The van der Waals surface area contributed by atoms with Crippen molar-refractivity contribution in [2.75, 3.05) is 10.6 Å². The number of nitrogens with one attached hydrogen (secondary N) is 3. The summed E-state index contributed by atoms with van der Waals surface area (Å²) in [5.41, 5.74) is 2.63. The molecule has 0 aliphatic rings. The molecular weight excluding hydrogens is 334 g/mol. The normalized spacial score (nSPS) is 10.2. The third-order valence-corrected chi connectivity index (χ3v) is 3.47. The zero-order valence-corrected chi connectivity index (χ0v) is 14.0. The van der Waals surface area contributed by atoms with Gasteiger partial charge in [-0.2, -0.15) is 0 Å². The Balaban J connectivity index is 1.52. The standard InChI is InChI=1S/C18H17N5O3/c1-12-10-16(26-23-12)22-17(24)14-2-4-15(5-3-14)21-18(25)20-11-13-6-8-19-9-7-13/h2-10H,11H2,1H3,(H,22,24)(H2,20,21,25). The molecule has 0 unspecified atom stereocenters. The molecule has 0 spiro atoms. The van der Waals surface area contributed by atoms with Crippen molar-refractivity contribution >= 4 is 23.5 Å². The lowest BCUT2D eigenvalue weighted by atomic mass is 10.2. The highest BCUT2D eigenvalue weighted by Gasteiger charge is 2.09. The Morgan fingerprint density at radius 1 is 1.04 bits per heavy atom. The molecular formula is C18H17N5O3. The van der Waals surface area contributed by atoms with E-state index in [4.69, 9.17) is 4.52 Å². The average Bonchev–Trinajstić information content (AvgIpc) is 3.06. The predicted octanol–water partition coefficient (Wildman–Crippen LogP) is 2.95. The third kappa shape index (κ3) is 4.67. The molecule has 3 rings (SSSR count). The lowest BCUT2D eigenvalue weighted by Crippen LogP contribution is -2.28. The first-order chi connectivity index (χ1) is 12.6. The Hall–Kier alpha value is -3.68. The number of hydrogen-bond acceptors (Lipinski definition) is 5. The van der Waals surface area contributed by atoms with E-state index in [2.05, 4.69) is 26.1 Å². The van der Waals surface area contributed by atoms with E-state index in [1.165, 1.54) is 0 Å². The number of aryl methyl sites for hydroxylation is 1. The number of hydrogen-bond donors (Lipinski definition) is 3. The second-order valence-corrected chi connectivity index (χ2v) is 5.53. The number of carbonyl (C=O) groups is 2. The molecule has 0 saturated heterocycles. The zero-order chi connectivity index (χ0) is 18.4. The minimum absolute atomic E-state index is 0.283. The summed E-state index contributed by atoms with van der Waals surface area (Å²) >= 11 is 0. The van der Waals surface area contributed by atoms with Gasteiger partial charge in [-0.05, 0) is 48.9 Å². The van der Waals surface area contributed by atoms with Gasteiger partial charge in [0.1, 0.15) is 0 Å². The van der Waals surface area contributed by atoms with Gasteiger partial charge in [-0.1, -0.05) is 5.16 Å². The van der Waals surface area contributed by atoms with E-state index in [1.54, 1.807) is 49.6 Å². The fourth-order valence-electron chi connectivity index (χ4n) is 2.17. The Kier molecular flexibility index (Phi) is 5.23. The maximum atomic E-state index is 12.1. The predicted molar refractivity (Wildman–Crippen MR) is 95.7 cm³/mol. The molecule has 8 heteroatoms. The molecule has 8 nitrogen and oxygen atoms in total. The number of benzene rings is 1. The zero-order valence-electron chi connectivity index (χ0n) is 14.0. The quantitative estimate of drug-likeness (QED) is 0.655. The van der Waals surface area contributed by atoms with E-state index in [-0.39, 0.29) is 17.8 Å². The fourth-order valence-corrected chi connectivity index (χ4v) is 2.17. The van der Waals surface area contributed by atoms with E-state index in [9.17, 15) is 9.59 Å². The van der Waals surface area contributed by atoms with Crippen LogP contribution in [0.3, 0.4) is 0 Å². The summed E-state index contributed by atoms with van der Waals surface area (Å²) in [7, 11) is 0. The number of aromatic nitrogens is 2. The number of amides is 3. The molecule has 0 fully saturated rings. The molecule has 132 valence electrons. The van der Waals surface area contributed by atoms with Crippen LogP contribution in [0.5, 0.6) is 0 Å². The van der Waals surface area contributed by atoms with Crippen LogP contribution in [-0.4, -0.2) is 22.1 Å². The van der Waals surface area contributed by atoms with Gasteiger partial charge in [-0.3, -0.25) is 15.1 Å². The van der Waals surface area contributed by atoms with Gasteiger partial charge < -0.3 is 15.2 Å². The highest BCUT2D eigenvalue weighted by molar-refractivity contribution is 6.04. The summed E-state index contributed by atoms with van der Waals surface area (Å²) < 4.78 is 4.95. The molecule has 3 aromatic rings. The molecule has 0 bridgehead atoms. The van der Waals surface area contributed by atoms with Crippen LogP contribution >= 0.6 is 0 Å². The Bertz CT molecular complexity index is 891. The molecule has 0 atom stereocenters. The van der Waals surface area contributed by atoms with Crippen LogP contribution in [0.25, 0.3) is 0 Å². The van der Waals surface area contributed by atoms with E-state index >= 15 is 0 Å². The highest BCUT2D eigenvalue weighted by Crippen LogP contribution is 2.13. The summed E-state index contributed by atoms with van der Waals surface area (Å²) in [5, 5.41) is 11.8. The summed E-state index contributed by atoms with van der Waals surface area (Å²) in [6.07, 6.45) is 3.33. The van der Waals surface area contributed by atoms with Crippen molar-refractivity contribution in [1.82, 2.24) is 15.5 Å². The molecule has 1 aromatic carbocycles. The van der Waals surface area contributed by atoms with Crippen LogP contribution in [0.15, 0.2) is 59.4 Å². The monoisotopic (exact) mass is 351 g/mol. The first kappa shape index (κ1) is 17.2. The number of urea groups is 1. The van der Waals surface area contributed by atoms with Crippen molar-refractivity contribution in [3.63, 3.8) is 0 Å². The van der Waals surface area contributed by atoms with Crippen molar-refractivity contribution in [2.24, 2.45) is 0 Å². The minimum atomic E-state index is -0.337. The van der Waals surface area contributed by atoms with E-state index in [1.807, 2.05) is 12.1 Å². The van der Waals surface area contributed by atoms with Crippen molar-refractivity contribution in [3.8, 4) is 0 Å². The number of nitrogens with zero attached hydrogens (tertiary/aromatic N) is 2. The molecule has 0 aliphatic heterocycles. The maximum absolute atomic E-state index is 12.1. The lowest BCUT2D eigenvalue weighted by molar-refractivity contribution is 0.102.